The second-order valence-electron chi connectivity index (χ2n) is 3.42. The van der Waals surface area contributed by atoms with Gasteiger partial charge in [0.05, 0.1) is 5.69 Å². The molecule has 1 aromatic rings. The number of carbonyl (C=O) groups is 1. The first-order valence-corrected chi connectivity index (χ1v) is 4.79. The van der Waals surface area contributed by atoms with E-state index in [0.29, 0.717) is 11.4 Å². The van der Waals surface area contributed by atoms with Crippen LogP contribution in [0.5, 0.6) is 5.75 Å². The fourth-order valence-electron chi connectivity index (χ4n) is 1.22. The van der Waals surface area contributed by atoms with Gasteiger partial charge in [-0.2, -0.15) is 0 Å². The Morgan fingerprint density at radius 3 is 2.73 bits per heavy atom. The highest BCUT2D eigenvalue weighted by molar-refractivity contribution is 5.80. The molecule has 0 aliphatic carbocycles. The van der Waals surface area contributed by atoms with Crippen molar-refractivity contribution in [2.24, 2.45) is 0 Å². The Balaban J connectivity index is 2.76. The zero-order valence-electron chi connectivity index (χ0n) is 9.20. The Morgan fingerprint density at radius 1 is 1.53 bits per heavy atom. The highest BCUT2D eigenvalue weighted by Gasteiger charge is 2.13. The molecule has 0 aliphatic heterocycles. The summed E-state index contributed by atoms with van der Waals surface area (Å²) in [5.74, 6) is 0.367. The average Bonchev–Trinajstić information content (AvgIpc) is 2.20. The van der Waals surface area contributed by atoms with E-state index in [1.807, 2.05) is 19.1 Å². The molecule has 0 spiro atoms. The number of aryl methyl sites for hydroxylation is 1. The number of amides is 1. The molecule has 4 heteroatoms. The predicted octanol–water partition coefficient (Wildman–Crippen LogP) is 1.09. The van der Waals surface area contributed by atoms with E-state index in [4.69, 9.17) is 10.5 Å². The second-order valence-corrected chi connectivity index (χ2v) is 3.42. The topological polar surface area (TPSA) is 64.3 Å². The summed E-state index contributed by atoms with van der Waals surface area (Å²) in [6, 6.07) is 5.47. The summed E-state index contributed by atoms with van der Waals surface area (Å²) >= 11 is 0. The molecule has 0 fully saturated rings. The summed E-state index contributed by atoms with van der Waals surface area (Å²) in [5, 5.41) is 2.51. The van der Waals surface area contributed by atoms with Crippen LogP contribution in [0.4, 0.5) is 5.69 Å². The van der Waals surface area contributed by atoms with Gasteiger partial charge >= 0.3 is 0 Å². The van der Waals surface area contributed by atoms with Crippen molar-refractivity contribution >= 4 is 11.6 Å². The fraction of sp³-hybridized carbons (Fsp3) is 0.364. The minimum absolute atomic E-state index is 0.171. The number of anilines is 1. The van der Waals surface area contributed by atoms with Gasteiger partial charge < -0.3 is 15.8 Å². The summed E-state index contributed by atoms with van der Waals surface area (Å²) in [6.45, 7) is 3.63. The Kier molecular flexibility index (Phi) is 3.55. The Morgan fingerprint density at radius 2 is 2.20 bits per heavy atom. The number of rotatable bonds is 3. The molecule has 0 bridgehead atoms. The molecule has 1 atom stereocenters. The van der Waals surface area contributed by atoms with Crippen LogP contribution in [0.3, 0.4) is 0 Å². The van der Waals surface area contributed by atoms with E-state index in [1.54, 1.807) is 20.0 Å². The monoisotopic (exact) mass is 208 g/mol. The van der Waals surface area contributed by atoms with E-state index in [0.717, 1.165) is 5.56 Å². The zero-order chi connectivity index (χ0) is 11.4. The van der Waals surface area contributed by atoms with Crippen molar-refractivity contribution in [3.63, 3.8) is 0 Å². The third kappa shape index (κ3) is 2.87. The molecule has 82 valence electrons. The van der Waals surface area contributed by atoms with E-state index in [-0.39, 0.29) is 5.91 Å². The molecule has 3 N–H and O–H groups in total. The van der Waals surface area contributed by atoms with Gasteiger partial charge in [-0.15, -0.1) is 0 Å². The van der Waals surface area contributed by atoms with Crippen molar-refractivity contribution in [1.29, 1.82) is 0 Å². The molecule has 1 aromatic carbocycles. The number of nitrogens with two attached hydrogens (primary N) is 1. The smallest absolute Gasteiger partial charge is 0.260 e. The highest BCUT2D eigenvalue weighted by Crippen LogP contribution is 2.23. The summed E-state index contributed by atoms with van der Waals surface area (Å²) in [4.78, 5) is 11.2. The minimum Gasteiger partial charge on any atom is -0.479 e. The third-order valence-corrected chi connectivity index (χ3v) is 2.08. The van der Waals surface area contributed by atoms with Crippen molar-refractivity contribution in [3.05, 3.63) is 23.8 Å². The van der Waals surface area contributed by atoms with Crippen LogP contribution in [-0.4, -0.2) is 19.1 Å². The van der Waals surface area contributed by atoms with Crippen molar-refractivity contribution in [2.45, 2.75) is 20.0 Å². The standard InChI is InChI=1S/C11H16N2O2/c1-7-4-5-10(9(12)6-7)15-8(2)11(14)13-3/h4-6,8H,12H2,1-3H3,(H,13,14). The number of nitrogen functional groups attached to an aromatic ring is 1. The normalized spacial score (nSPS) is 11.9. The molecule has 1 unspecified atom stereocenters. The van der Waals surface area contributed by atoms with E-state index >= 15 is 0 Å². The SMILES string of the molecule is CNC(=O)C(C)Oc1ccc(C)cc1N. The van der Waals surface area contributed by atoms with Crippen molar-refractivity contribution in [1.82, 2.24) is 5.32 Å². The van der Waals surface area contributed by atoms with E-state index in [9.17, 15) is 4.79 Å². The number of ether oxygens (including phenoxy) is 1. The second kappa shape index (κ2) is 4.68. The minimum atomic E-state index is -0.542. The quantitative estimate of drug-likeness (QED) is 0.731. The van der Waals surface area contributed by atoms with Crippen LogP contribution in [0.2, 0.25) is 0 Å². The summed E-state index contributed by atoms with van der Waals surface area (Å²) in [6.07, 6.45) is -0.542. The lowest BCUT2D eigenvalue weighted by Crippen LogP contribution is -2.33. The first-order valence-electron chi connectivity index (χ1n) is 4.79. The number of likely N-dealkylation sites (N-methyl/N-ethyl adjacent to an activating group) is 1. The van der Waals surface area contributed by atoms with Crippen LogP contribution in [0.15, 0.2) is 18.2 Å². The van der Waals surface area contributed by atoms with Gasteiger partial charge in [-0.05, 0) is 31.5 Å². The number of carbonyl (C=O) groups excluding carboxylic acids is 1. The Hall–Kier alpha value is -1.71. The number of benzene rings is 1. The molecule has 4 nitrogen and oxygen atoms in total. The van der Waals surface area contributed by atoms with Crippen LogP contribution in [-0.2, 0) is 4.79 Å². The van der Waals surface area contributed by atoms with Gasteiger partial charge in [0.1, 0.15) is 5.75 Å². The molecular formula is C11H16N2O2. The van der Waals surface area contributed by atoms with Gasteiger partial charge in [-0.1, -0.05) is 6.07 Å². The summed E-state index contributed by atoms with van der Waals surface area (Å²) in [7, 11) is 1.57. The average molecular weight is 208 g/mol. The van der Waals surface area contributed by atoms with E-state index in [1.165, 1.54) is 0 Å². The molecular weight excluding hydrogens is 192 g/mol. The lowest BCUT2D eigenvalue weighted by atomic mass is 10.2. The first-order chi connectivity index (χ1) is 7.04. The lowest BCUT2D eigenvalue weighted by Gasteiger charge is -2.14. The van der Waals surface area contributed by atoms with E-state index < -0.39 is 6.10 Å². The molecule has 0 aliphatic rings. The van der Waals surface area contributed by atoms with Crippen molar-refractivity contribution in [3.8, 4) is 5.75 Å². The number of nitrogens with one attached hydrogen (secondary N) is 1. The fourth-order valence-corrected chi connectivity index (χ4v) is 1.22. The Bertz CT molecular complexity index is 364. The molecule has 0 aromatic heterocycles. The molecule has 15 heavy (non-hydrogen) atoms. The number of hydrogen-bond acceptors (Lipinski definition) is 3. The maximum Gasteiger partial charge on any atom is 0.260 e. The van der Waals surface area contributed by atoms with Crippen LogP contribution in [0, 0.1) is 6.92 Å². The third-order valence-electron chi connectivity index (χ3n) is 2.08. The van der Waals surface area contributed by atoms with Gasteiger partial charge in [0, 0.05) is 7.05 Å². The van der Waals surface area contributed by atoms with Crippen LogP contribution >= 0.6 is 0 Å². The predicted molar refractivity (Wildman–Crippen MR) is 59.7 cm³/mol. The molecule has 0 saturated heterocycles. The van der Waals surface area contributed by atoms with Gasteiger partial charge in [0.25, 0.3) is 5.91 Å². The van der Waals surface area contributed by atoms with Gasteiger partial charge in [-0.25, -0.2) is 0 Å². The van der Waals surface area contributed by atoms with Crippen LogP contribution in [0.25, 0.3) is 0 Å². The highest BCUT2D eigenvalue weighted by atomic mass is 16.5. The molecule has 1 amide bonds. The van der Waals surface area contributed by atoms with Crippen molar-refractivity contribution in [2.75, 3.05) is 12.8 Å². The maximum absolute atomic E-state index is 11.2. The van der Waals surface area contributed by atoms with Crippen LogP contribution in [0.1, 0.15) is 12.5 Å². The molecule has 0 heterocycles. The molecule has 0 radical (unpaired) electrons. The lowest BCUT2D eigenvalue weighted by molar-refractivity contribution is -0.126. The summed E-state index contributed by atoms with van der Waals surface area (Å²) < 4.78 is 5.42. The zero-order valence-corrected chi connectivity index (χ0v) is 9.20. The molecule has 0 saturated carbocycles. The van der Waals surface area contributed by atoms with Crippen LogP contribution < -0.4 is 15.8 Å². The van der Waals surface area contributed by atoms with Gasteiger partial charge in [0.15, 0.2) is 6.10 Å². The molecule has 1 rings (SSSR count). The van der Waals surface area contributed by atoms with E-state index in [2.05, 4.69) is 5.32 Å². The maximum atomic E-state index is 11.2. The largest absolute Gasteiger partial charge is 0.479 e. The Labute approximate surface area is 89.4 Å². The summed E-state index contributed by atoms with van der Waals surface area (Å²) in [5.41, 5.74) is 7.36. The van der Waals surface area contributed by atoms with Gasteiger partial charge in [0.2, 0.25) is 0 Å². The van der Waals surface area contributed by atoms with Gasteiger partial charge in [-0.3, -0.25) is 4.79 Å². The number of hydrogen-bond donors (Lipinski definition) is 2. The first kappa shape index (κ1) is 11.4. The van der Waals surface area contributed by atoms with Crippen molar-refractivity contribution < 1.29 is 9.53 Å².